The van der Waals surface area contributed by atoms with E-state index < -0.39 is 29.3 Å². The van der Waals surface area contributed by atoms with Crippen LogP contribution in [0.2, 0.25) is 0 Å². The van der Waals surface area contributed by atoms with Gasteiger partial charge in [0.1, 0.15) is 18.2 Å². The minimum atomic E-state index is -0.809. The molecule has 0 aromatic rings. The van der Waals surface area contributed by atoms with Crippen molar-refractivity contribution in [2.75, 3.05) is 7.05 Å². The second-order valence-corrected chi connectivity index (χ2v) is 10.0. The third-order valence-electron chi connectivity index (χ3n) is 6.80. The van der Waals surface area contributed by atoms with Crippen molar-refractivity contribution in [1.82, 2.24) is 16.0 Å². The van der Waals surface area contributed by atoms with Crippen LogP contribution in [0, 0.1) is 23.2 Å². The smallest absolute Gasteiger partial charge is 0.310 e. The van der Waals surface area contributed by atoms with Gasteiger partial charge in [-0.15, -0.1) is 0 Å². The third kappa shape index (κ3) is 4.78. The van der Waals surface area contributed by atoms with Crippen molar-refractivity contribution in [2.45, 2.75) is 83.9 Å². The number of likely N-dealkylation sites (N-methyl/N-ethyl adjacent to an activating group) is 1. The van der Waals surface area contributed by atoms with Crippen LogP contribution in [0.25, 0.3) is 0 Å². The predicted octanol–water partition coefficient (Wildman–Crippen LogP) is 1.28. The Labute approximate surface area is 178 Å². The number of rotatable bonds is 6. The third-order valence-corrected chi connectivity index (χ3v) is 6.80. The summed E-state index contributed by atoms with van der Waals surface area (Å²) in [6.07, 6.45) is 5.94. The first-order valence-corrected chi connectivity index (χ1v) is 11.1. The Kier molecular flexibility index (Phi) is 6.72. The normalized spacial score (nSPS) is 28.4. The van der Waals surface area contributed by atoms with E-state index in [0.717, 1.165) is 32.1 Å². The summed E-state index contributed by atoms with van der Waals surface area (Å²) >= 11 is 0. The average molecular weight is 422 g/mol. The van der Waals surface area contributed by atoms with Crippen LogP contribution in [0.1, 0.15) is 65.7 Å². The fourth-order valence-corrected chi connectivity index (χ4v) is 5.07. The van der Waals surface area contributed by atoms with E-state index in [1.54, 1.807) is 7.05 Å². The summed E-state index contributed by atoms with van der Waals surface area (Å²) in [6, 6.07) is -1.42. The first kappa shape index (κ1) is 22.6. The molecule has 8 heteroatoms. The zero-order valence-corrected chi connectivity index (χ0v) is 18.5. The Morgan fingerprint density at radius 2 is 1.67 bits per heavy atom. The molecule has 0 spiro atoms. The molecule has 30 heavy (non-hydrogen) atoms. The second kappa shape index (κ2) is 8.94. The maximum Gasteiger partial charge on any atom is 0.310 e. The summed E-state index contributed by atoms with van der Waals surface area (Å²) in [5.41, 5.74) is -0.558. The van der Waals surface area contributed by atoms with Crippen LogP contribution >= 0.6 is 0 Å². The fraction of sp³-hybridized carbons (Fsp3) is 0.818. The SMILES string of the molecule is CNC(=O)[C@@H](NC(=O)[C@@H](NC(=O)[C@@H]1C[C@@H]2C[C@H]1C(=O)O2)C(C)(C)C)C1CCCCC1. The van der Waals surface area contributed by atoms with Crippen molar-refractivity contribution in [2.24, 2.45) is 23.2 Å². The zero-order chi connectivity index (χ0) is 22.1. The van der Waals surface area contributed by atoms with E-state index in [9.17, 15) is 19.2 Å². The molecule has 1 saturated heterocycles. The quantitative estimate of drug-likeness (QED) is 0.559. The fourth-order valence-electron chi connectivity index (χ4n) is 5.07. The number of carbonyl (C=O) groups excluding carboxylic acids is 4. The highest BCUT2D eigenvalue weighted by Gasteiger charge is 2.51. The lowest BCUT2D eigenvalue weighted by Gasteiger charge is -2.35. The maximum absolute atomic E-state index is 13.2. The van der Waals surface area contributed by atoms with Gasteiger partial charge in [-0.1, -0.05) is 40.0 Å². The van der Waals surface area contributed by atoms with E-state index in [1.165, 1.54) is 0 Å². The summed E-state index contributed by atoms with van der Waals surface area (Å²) < 4.78 is 5.18. The molecule has 2 aliphatic carbocycles. The van der Waals surface area contributed by atoms with Gasteiger partial charge in [-0.25, -0.2) is 0 Å². The van der Waals surface area contributed by atoms with Gasteiger partial charge in [0.15, 0.2) is 0 Å². The zero-order valence-electron chi connectivity index (χ0n) is 18.5. The molecule has 5 atom stereocenters. The second-order valence-electron chi connectivity index (χ2n) is 10.0. The average Bonchev–Trinajstić information content (AvgIpc) is 3.28. The van der Waals surface area contributed by atoms with E-state index in [2.05, 4.69) is 16.0 Å². The van der Waals surface area contributed by atoms with Crippen LogP contribution < -0.4 is 16.0 Å². The number of hydrogen-bond donors (Lipinski definition) is 3. The minimum Gasteiger partial charge on any atom is -0.462 e. The Morgan fingerprint density at radius 1 is 1.00 bits per heavy atom. The van der Waals surface area contributed by atoms with Crippen molar-refractivity contribution in [3.63, 3.8) is 0 Å². The number of carbonyl (C=O) groups is 4. The first-order valence-electron chi connectivity index (χ1n) is 11.1. The van der Waals surface area contributed by atoms with Crippen molar-refractivity contribution >= 4 is 23.7 Å². The van der Waals surface area contributed by atoms with Gasteiger partial charge in [-0.3, -0.25) is 19.2 Å². The van der Waals surface area contributed by atoms with E-state index in [-0.39, 0.29) is 35.7 Å². The van der Waals surface area contributed by atoms with Crippen LogP contribution in [0.4, 0.5) is 0 Å². The minimum absolute atomic E-state index is 0.0966. The molecule has 0 unspecified atom stereocenters. The molecule has 3 N–H and O–H groups in total. The molecule has 0 radical (unpaired) electrons. The van der Waals surface area contributed by atoms with Gasteiger partial charge in [-0.2, -0.15) is 0 Å². The number of hydrogen-bond acceptors (Lipinski definition) is 5. The molecule has 1 heterocycles. The molecule has 0 aromatic heterocycles. The molecular formula is C22H35N3O5. The Balaban J connectivity index is 1.70. The summed E-state index contributed by atoms with van der Waals surface area (Å²) in [4.78, 5) is 50.6. The van der Waals surface area contributed by atoms with Crippen molar-refractivity contribution < 1.29 is 23.9 Å². The Bertz CT molecular complexity index is 695. The first-order chi connectivity index (χ1) is 14.1. The largest absolute Gasteiger partial charge is 0.462 e. The van der Waals surface area contributed by atoms with Crippen LogP contribution in [0.15, 0.2) is 0 Å². The lowest BCUT2D eigenvalue weighted by Crippen LogP contribution is -2.60. The molecule has 2 bridgehead atoms. The van der Waals surface area contributed by atoms with Crippen molar-refractivity contribution in [3.05, 3.63) is 0 Å². The summed E-state index contributed by atoms with van der Waals surface area (Å²) in [6.45, 7) is 5.63. The van der Waals surface area contributed by atoms with Crippen LogP contribution in [-0.4, -0.2) is 48.9 Å². The van der Waals surface area contributed by atoms with Gasteiger partial charge in [0, 0.05) is 7.05 Å². The Morgan fingerprint density at radius 3 is 2.20 bits per heavy atom. The summed E-state index contributed by atoms with van der Waals surface area (Å²) in [5.74, 6) is -1.95. The lowest BCUT2D eigenvalue weighted by molar-refractivity contribution is -0.154. The van der Waals surface area contributed by atoms with Crippen LogP contribution in [-0.2, 0) is 23.9 Å². The van der Waals surface area contributed by atoms with Gasteiger partial charge in [0.05, 0.1) is 11.8 Å². The number of nitrogens with one attached hydrogen (secondary N) is 3. The number of fused-ring (bicyclic) bond motifs is 2. The molecular weight excluding hydrogens is 386 g/mol. The van der Waals surface area contributed by atoms with Gasteiger partial charge in [-0.05, 0) is 37.0 Å². The van der Waals surface area contributed by atoms with Crippen LogP contribution in [0.5, 0.6) is 0 Å². The van der Waals surface area contributed by atoms with E-state index in [4.69, 9.17) is 4.74 Å². The monoisotopic (exact) mass is 421 g/mol. The molecule has 0 aromatic carbocycles. The summed E-state index contributed by atoms with van der Waals surface area (Å²) in [7, 11) is 1.57. The highest BCUT2D eigenvalue weighted by Crippen LogP contribution is 2.41. The van der Waals surface area contributed by atoms with Gasteiger partial charge in [0.2, 0.25) is 17.7 Å². The number of amides is 3. The van der Waals surface area contributed by atoms with Crippen molar-refractivity contribution in [3.8, 4) is 0 Å². The number of ether oxygens (including phenoxy) is 1. The van der Waals surface area contributed by atoms with E-state index in [0.29, 0.717) is 12.8 Å². The molecule has 2 saturated carbocycles. The standard InChI is InChI=1S/C22H35N3O5/c1-22(2,3)17(25-18(26)14-10-13-11-15(14)21(29)30-13)20(28)24-16(19(27)23-4)12-8-6-5-7-9-12/h12-17H,5-11H2,1-4H3,(H,23,27)(H,24,28)(H,25,26)/t13-,14-,15-,16+,17-/m1/s1. The number of esters is 1. The lowest BCUT2D eigenvalue weighted by atomic mass is 9.82. The Hall–Kier alpha value is -2.12. The molecule has 3 aliphatic rings. The molecule has 3 fully saturated rings. The molecule has 168 valence electrons. The summed E-state index contributed by atoms with van der Waals surface area (Å²) in [5, 5.41) is 8.47. The molecule has 3 rings (SSSR count). The maximum atomic E-state index is 13.2. The topological polar surface area (TPSA) is 114 Å². The predicted molar refractivity (Wildman–Crippen MR) is 110 cm³/mol. The van der Waals surface area contributed by atoms with Gasteiger partial charge >= 0.3 is 5.97 Å². The van der Waals surface area contributed by atoms with E-state index in [1.807, 2.05) is 20.8 Å². The highest BCUT2D eigenvalue weighted by atomic mass is 16.6. The molecule has 8 nitrogen and oxygen atoms in total. The van der Waals surface area contributed by atoms with E-state index >= 15 is 0 Å². The van der Waals surface area contributed by atoms with Gasteiger partial charge < -0.3 is 20.7 Å². The molecule has 1 aliphatic heterocycles. The molecule has 3 amide bonds. The van der Waals surface area contributed by atoms with Crippen molar-refractivity contribution in [1.29, 1.82) is 0 Å². The highest BCUT2D eigenvalue weighted by molar-refractivity contribution is 5.94. The van der Waals surface area contributed by atoms with Gasteiger partial charge in [0.25, 0.3) is 0 Å². The van der Waals surface area contributed by atoms with Crippen LogP contribution in [0.3, 0.4) is 0 Å².